The minimum absolute atomic E-state index is 0.203. The summed E-state index contributed by atoms with van der Waals surface area (Å²) >= 11 is 0. The minimum atomic E-state index is 0.203. The predicted molar refractivity (Wildman–Crippen MR) is 101 cm³/mol. The van der Waals surface area contributed by atoms with Crippen molar-refractivity contribution in [2.45, 2.75) is 52.4 Å². The zero-order valence-electron chi connectivity index (χ0n) is 14.9. The molecule has 0 heterocycles. The van der Waals surface area contributed by atoms with E-state index < -0.39 is 0 Å². The number of carbonyl (C=O) groups is 1. The summed E-state index contributed by atoms with van der Waals surface area (Å²) in [5, 5.41) is 3.15. The topological polar surface area (TPSA) is 29.1 Å². The lowest BCUT2D eigenvalue weighted by Crippen LogP contribution is -2.15. The van der Waals surface area contributed by atoms with Crippen LogP contribution in [0.2, 0.25) is 0 Å². The van der Waals surface area contributed by atoms with E-state index in [1.165, 1.54) is 11.1 Å². The molecule has 0 aliphatic heterocycles. The van der Waals surface area contributed by atoms with Crippen LogP contribution in [0.3, 0.4) is 0 Å². The molecule has 1 aromatic rings. The molecule has 3 rings (SSSR count). The fourth-order valence-electron chi connectivity index (χ4n) is 3.91. The number of fused-ring (bicyclic) bond motifs is 1. The van der Waals surface area contributed by atoms with Gasteiger partial charge in [0.15, 0.2) is 0 Å². The molecule has 0 saturated heterocycles. The zero-order valence-corrected chi connectivity index (χ0v) is 14.9. The number of allylic oxidation sites excluding steroid dienone is 4. The molecule has 1 amide bonds. The molecular formula is C22H29NO. The van der Waals surface area contributed by atoms with Gasteiger partial charge in [-0.2, -0.15) is 0 Å². The summed E-state index contributed by atoms with van der Waals surface area (Å²) < 4.78 is 0. The number of hydrogen-bond donors (Lipinski definition) is 1. The number of aryl methyl sites for hydroxylation is 2. The molecule has 0 radical (unpaired) electrons. The molecule has 0 bridgehead atoms. The third-order valence-electron chi connectivity index (χ3n) is 5.58. The summed E-state index contributed by atoms with van der Waals surface area (Å²) in [7, 11) is 0. The SMILES string of the molecule is Cc1ccc(NC(=O)C2[C@H]3CC/C=C\CC/C=C\CC[C@@H]23)cc1C. The van der Waals surface area contributed by atoms with E-state index in [0.717, 1.165) is 44.2 Å². The summed E-state index contributed by atoms with van der Waals surface area (Å²) in [6.07, 6.45) is 16.0. The first kappa shape index (κ1) is 17.0. The van der Waals surface area contributed by atoms with Gasteiger partial charge in [-0.05, 0) is 87.5 Å². The molecule has 1 saturated carbocycles. The molecule has 2 aliphatic rings. The Kier molecular flexibility index (Phi) is 5.55. The van der Waals surface area contributed by atoms with E-state index in [1.807, 2.05) is 6.07 Å². The van der Waals surface area contributed by atoms with Crippen molar-refractivity contribution in [1.29, 1.82) is 0 Å². The Morgan fingerprint density at radius 3 is 2.04 bits per heavy atom. The van der Waals surface area contributed by atoms with Gasteiger partial charge in [-0.25, -0.2) is 0 Å². The molecule has 2 aliphatic carbocycles. The summed E-state index contributed by atoms with van der Waals surface area (Å²) in [5.74, 6) is 1.55. The number of anilines is 1. The fraction of sp³-hybridized carbons (Fsp3) is 0.500. The van der Waals surface area contributed by atoms with Crippen LogP contribution in [0, 0.1) is 31.6 Å². The second kappa shape index (κ2) is 7.83. The number of amides is 1. The highest BCUT2D eigenvalue weighted by Gasteiger charge is 2.52. The Morgan fingerprint density at radius 2 is 1.46 bits per heavy atom. The van der Waals surface area contributed by atoms with Crippen LogP contribution in [0.25, 0.3) is 0 Å². The Balaban J connectivity index is 1.62. The third-order valence-corrected chi connectivity index (χ3v) is 5.58. The summed E-state index contributed by atoms with van der Waals surface area (Å²) in [6, 6.07) is 6.17. The number of nitrogens with one attached hydrogen (secondary N) is 1. The Morgan fingerprint density at radius 1 is 0.875 bits per heavy atom. The Hall–Kier alpha value is -1.83. The molecule has 3 atom stereocenters. The number of carbonyl (C=O) groups excluding carboxylic acids is 1. The normalized spacial score (nSPS) is 29.5. The molecule has 1 aromatic carbocycles. The van der Waals surface area contributed by atoms with Crippen LogP contribution in [0.1, 0.15) is 49.7 Å². The van der Waals surface area contributed by atoms with Gasteiger partial charge in [-0.15, -0.1) is 0 Å². The molecule has 1 unspecified atom stereocenters. The average molecular weight is 323 g/mol. The van der Waals surface area contributed by atoms with E-state index >= 15 is 0 Å². The molecule has 128 valence electrons. The van der Waals surface area contributed by atoms with Gasteiger partial charge in [0, 0.05) is 11.6 Å². The lowest BCUT2D eigenvalue weighted by Gasteiger charge is -2.07. The number of hydrogen-bond acceptors (Lipinski definition) is 1. The van der Waals surface area contributed by atoms with Crippen molar-refractivity contribution in [2.75, 3.05) is 5.32 Å². The van der Waals surface area contributed by atoms with E-state index in [4.69, 9.17) is 0 Å². The van der Waals surface area contributed by atoms with E-state index in [9.17, 15) is 4.79 Å². The monoisotopic (exact) mass is 323 g/mol. The molecule has 1 fully saturated rings. The maximum absolute atomic E-state index is 12.7. The van der Waals surface area contributed by atoms with Crippen LogP contribution in [0.4, 0.5) is 5.69 Å². The first-order valence-electron chi connectivity index (χ1n) is 9.35. The number of benzene rings is 1. The van der Waals surface area contributed by atoms with E-state index in [2.05, 4.69) is 55.6 Å². The highest BCUT2D eigenvalue weighted by Crippen LogP contribution is 2.52. The second-order valence-electron chi connectivity index (χ2n) is 7.32. The minimum Gasteiger partial charge on any atom is -0.326 e. The largest absolute Gasteiger partial charge is 0.326 e. The van der Waals surface area contributed by atoms with E-state index in [0.29, 0.717) is 11.8 Å². The number of rotatable bonds is 2. The van der Waals surface area contributed by atoms with Gasteiger partial charge < -0.3 is 5.32 Å². The van der Waals surface area contributed by atoms with Crippen molar-refractivity contribution in [3.8, 4) is 0 Å². The van der Waals surface area contributed by atoms with Crippen molar-refractivity contribution in [3.05, 3.63) is 53.6 Å². The summed E-state index contributed by atoms with van der Waals surface area (Å²) in [5.41, 5.74) is 3.43. The van der Waals surface area contributed by atoms with Gasteiger partial charge in [0.05, 0.1) is 0 Å². The first-order chi connectivity index (χ1) is 11.7. The standard InChI is InChI=1S/C22H29NO/c1-16-13-14-18(15-17(16)2)23-22(24)21-19-11-9-7-5-3-4-6-8-10-12-20(19)21/h5-8,13-15,19-21H,3-4,9-12H2,1-2H3,(H,23,24)/b7-5-,8-6-/t19-,20+,21?. The van der Waals surface area contributed by atoms with Gasteiger partial charge in [0.1, 0.15) is 0 Å². The van der Waals surface area contributed by atoms with Gasteiger partial charge in [0.2, 0.25) is 5.91 Å². The van der Waals surface area contributed by atoms with E-state index in [-0.39, 0.29) is 11.8 Å². The maximum atomic E-state index is 12.7. The van der Waals surface area contributed by atoms with Crippen molar-refractivity contribution < 1.29 is 4.79 Å². The lowest BCUT2D eigenvalue weighted by molar-refractivity contribution is -0.117. The van der Waals surface area contributed by atoms with Crippen LogP contribution in [-0.2, 0) is 4.79 Å². The maximum Gasteiger partial charge on any atom is 0.228 e. The predicted octanol–water partition coefficient (Wildman–Crippen LogP) is 5.57. The lowest BCUT2D eigenvalue weighted by atomic mass is 10.1. The van der Waals surface area contributed by atoms with Crippen molar-refractivity contribution in [2.24, 2.45) is 17.8 Å². The smallest absolute Gasteiger partial charge is 0.228 e. The van der Waals surface area contributed by atoms with Crippen LogP contribution in [0.15, 0.2) is 42.5 Å². The van der Waals surface area contributed by atoms with Crippen molar-refractivity contribution in [1.82, 2.24) is 0 Å². The molecule has 0 aromatic heterocycles. The average Bonchev–Trinajstić information content (AvgIpc) is 3.23. The molecule has 0 spiro atoms. The third kappa shape index (κ3) is 4.17. The van der Waals surface area contributed by atoms with Gasteiger partial charge in [0.25, 0.3) is 0 Å². The van der Waals surface area contributed by atoms with Crippen LogP contribution in [-0.4, -0.2) is 5.91 Å². The van der Waals surface area contributed by atoms with Crippen molar-refractivity contribution in [3.63, 3.8) is 0 Å². The second-order valence-corrected chi connectivity index (χ2v) is 7.32. The van der Waals surface area contributed by atoms with Crippen LogP contribution in [0.5, 0.6) is 0 Å². The molecule has 24 heavy (non-hydrogen) atoms. The Labute approximate surface area is 146 Å². The van der Waals surface area contributed by atoms with E-state index in [1.54, 1.807) is 0 Å². The zero-order chi connectivity index (χ0) is 16.9. The Bertz CT molecular complexity index is 619. The fourth-order valence-corrected chi connectivity index (χ4v) is 3.91. The van der Waals surface area contributed by atoms with Crippen LogP contribution < -0.4 is 5.32 Å². The van der Waals surface area contributed by atoms with Crippen molar-refractivity contribution >= 4 is 11.6 Å². The van der Waals surface area contributed by atoms with Gasteiger partial charge in [-0.1, -0.05) is 30.4 Å². The summed E-state index contributed by atoms with van der Waals surface area (Å²) in [6.45, 7) is 4.19. The quantitative estimate of drug-likeness (QED) is 0.708. The van der Waals surface area contributed by atoms with Gasteiger partial charge >= 0.3 is 0 Å². The highest BCUT2D eigenvalue weighted by molar-refractivity contribution is 5.95. The highest BCUT2D eigenvalue weighted by atomic mass is 16.2. The molecule has 1 N–H and O–H groups in total. The van der Waals surface area contributed by atoms with Crippen LogP contribution >= 0.6 is 0 Å². The first-order valence-corrected chi connectivity index (χ1v) is 9.35. The summed E-state index contributed by atoms with van der Waals surface area (Å²) in [4.78, 5) is 12.7. The molecule has 2 nitrogen and oxygen atoms in total. The molecule has 2 heteroatoms. The molecular weight excluding hydrogens is 294 g/mol. The van der Waals surface area contributed by atoms with Gasteiger partial charge in [-0.3, -0.25) is 4.79 Å².